The monoisotopic (exact) mass is 299 g/mol. The molecule has 2 nitrogen and oxygen atoms in total. The fourth-order valence-electron chi connectivity index (χ4n) is 4.11. The van der Waals surface area contributed by atoms with E-state index in [-0.39, 0.29) is 5.41 Å². The van der Waals surface area contributed by atoms with E-state index >= 15 is 0 Å². The van der Waals surface area contributed by atoms with Crippen LogP contribution in [0.15, 0.2) is 42.5 Å². The van der Waals surface area contributed by atoms with Crippen LogP contribution in [0.1, 0.15) is 29.5 Å². The number of aromatic hydroxyl groups is 1. The van der Waals surface area contributed by atoms with Crippen LogP contribution in [0.4, 0.5) is 0 Å². The van der Waals surface area contributed by atoms with Crippen molar-refractivity contribution in [1.82, 2.24) is 5.32 Å². The Morgan fingerprint density at radius 1 is 1.14 bits per heavy atom. The largest absolute Gasteiger partial charge is 0.508 e. The third kappa shape index (κ3) is 2.05. The lowest BCUT2D eigenvalue weighted by molar-refractivity contribution is 0.268. The zero-order chi connectivity index (χ0) is 14.4. The van der Waals surface area contributed by atoms with Gasteiger partial charge in [0.05, 0.1) is 0 Å². The van der Waals surface area contributed by atoms with E-state index in [0.717, 1.165) is 30.8 Å². The van der Waals surface area contributed by atoms with Crippen molar-refractivity contribution in [1.29, 1.82) is 0 Å². The highest BCUT2D eigenvalue weighted by Gasteiger charge is 2.44. The molecule has 1 fully saturated rings. The summed E-state index contributed by atoms with van der Waals surface area (Å²) in [5, 5.41) is 14.3. The Morgan fingerprint density at radius 3 is 2.76 bits per heavy atom. The zero-order valence-electron chi connectivity index (χ0n) is 11.8. The number of rotatable bonds is 1. The fraction of sp³-hybridized carbons (Fsp3) is 0.333. The first-order valence-corrected chi connectivity index (χ1v) is 7.87. The molecular weight excluding hydrogens is 282 g/mol. The molecule has 0 radical (unpaired) electrons. The molecule has 1 aliphatic carbocycles. The molecule has 2 atom stereocenters. The Balaban J connectivity index is 1.93. The van der Waals surface area contributed by atoms with Gasteiger partial charge < -0.3 is 10.4 Å². The normalized spacial score (nSPS) is 27.2. The van der Waals surface area contributed by atoms with Crippen LogP contribution in [-0.4, -0.2) is 17.7 Å². The van der Waals surface area contributed by atoms with Crippen molar-refractivity contribution < 1.29 is 5.11 Å². The molecule has 2 aromatic carbocycles. The number of phenols is 1. The highest BCUT2D eigenvalue weighted by Crippen LogP contribution is 2.48. The molecule has 21 heavy (non-hydrogen) atoms. The first-order chi connectivity index (χ1) is 10.2. The van der Waals surface area contributed by atoms with E-state index in [9.17, 15) is 5.11 Å². The van der Waals surface area contributed by atoms with Crippen LogP contribution in [-0.2, 0) is 11.8 Å². The molecule has 0 saturated carbocycles. The average Bonchev–Trinajstić information content (AvgIpc) is 2.49. The van der Waals surface area contributed by atoms with Crippen LogP contribution in [0.2, 0.25) is 5.02 Å². The van der Waals surface area contributed by atoms with Gasteiger partial charge in [-0.3, -0.25) is 0 Å². The van der Waals surface area contributed by atoms with Crippen molar-refractivity contribution in [3.05, 3.63) is 64.2 Å². The number of hydrogen-bond acceptors (Lipinski definition) is 2. The summed E-state index contributed by atoms with van der Waals surface area (Å²) in [6.45, 7) is 1.02. The van der Waals surface area contributed by atoms with Crippen molar-refractivity contribution in [2.75, 3.05) is 6.54 Å². The molecule has 0 spiro atoms. The summed E-state index contributed by atoms with van der Waals surface area (Å²) < 4.78 is 0. The van der Waals surface area contributed by atoms with Gasteiger partial charge in [0, 0.05) is 16.5 Å². The summed E-state index contributed by atoms with van der Waals surface area (Å²) in [5.74, 6) is 0.360. The minimum atomic E-state index is 0.00677. The number of nitrogens with one attached hydrogen (secondary N) is 1. The third-order valence-corrected chi connectivity index (χ3v) is 5.30. The van der Waals surface area contributed by atoms with E-state index in [1.807, 2.05) is 18.2 Å². The summed E-state index contributed by atoms with van der Waals surface area (Å²) in [7, 11) is 0. The van der Waals surface area contributed by atoms with Crippen molar-refractivity contribution in [3.63, 3.8) is 0 Å². The number of hydrogen-bond donors (Lipinski definition) is 2. The maximum absolute atomic E-state index is 9.95. The number of halogens is 1. The number of phenolic OH excluding ortho intramolecular Hbond substituents is 1. The van der Waals surface area contributed by atoms with E-state index < -0.39 is 0 Å². The predicted octanol–water partition coefficient (Wildman–Crippen LogP) is 3.64. The molecule has 0 unspecified atom stereocenters. The first-order valence-electron chi connectivity index (χ1n) is 7.49. The van der Waals surface area contributed by atoms with Gasteiger partial charge in [-0.2, -0.15) is 0 Å². The van der Waals surface area contributed by atoms with Crippen LogP contribution in [0.3, 0.4) is 0 Å². The lowest BCUT2D eigenvalue weighted by Gasteiger charge is -2.47. The molecule has 108 valence electrons. The smallest absolute Gasteiger partial charge is 0.115 e. The molecule has 1 heterocycles. The highest BCUT2D eigenvalue weighted by atomic mass is 35.5. The van der Waals surface area contributed by atoms with Gasteiger partial charge in [-0.1, -0.05) is 29.8 Å². The van der Waals surface area contributed by atoms with Gasteiger partial charge in [0.2, 0.25) is 0 Å². The second kappa shape index (κ2) is 4.75. The molecule has 3 heteroatoms. The maximum Gasteiger partial charge on any atom is 0.115 e. The number of fused-ring (bicyclic) bond motifs is 4. The van der Waals surface area contributed by atoms with Crippen LogP contribution in [0.5, 0.6) is 5.75 Å². The highest BCUT2D eigenvalue weighted by molar-refractivity contribution is 6.30. The molecule has 0 amide bonds. The summed E-state index contributed by atoms with van der Waals surface area (Å²) >= 11 is 6.05. The van der Waals surface area contributed by atoms with Crippen molar-refractivity contribution in [2.45, 2.75) is 30.7 Å². The molecular formula is C18H18ClNO. The topological polar surface area (TPSA) is 32.3 Å². The SMILES string of the molecule is Oc1ccc2c(c1)[C@@]1(c3ccc(Cl)cc3)CCN[C@@H](C2)C1. The number of piperidine rings is 1. The van der Waals surface area contributed by atoms with Gasteiger partial charge in [-0.05, 0) is 66.8 Å². The second-order valence-corrected chi connectivity index (χ2v) is 6.68. The van der Waals surface area contributed by atoms with Gasteiger partial charge >= 0.3 is 0 Å². The van der Waals surface area contributed by atoms with Gasteiger partial charge in [0.25, 0.3) is 0 Å². The van der Waals surface area contributed by atoms with Crippen LogP contribution < -0.4 is 5.32 Å². The van der Waals surface area contributed by atoms with Crippen LogP contribution >= 0.6 is 11.6 Å². The lowest BCUT2D eigenvalue weighted by atomic mass is 9.61. The molecule has 1 saturated heterocycles. The standard InChI is InChI=1S/C18H18ClNO/c19-14-4-2-13(3-5-14)18-7-8-20-15(11-18)9-12-1-6-16(21)10-17(12)18/h1-6,10,15,20-21H,7-9,11H2/t15-,18-/m0/s1. The Labute approximate surface area is 129 Å². The van der Waals surface area contributed by atoms with E-state index in [2.05, 4.69) is 23.5 Å². The van der Waals surface area contributed by atoms with Gasteiger partial charge in [0.15, 0.2) is 0 Å². The Kier molecular flexibility index (Phi) is 2.98. The van der Waals surface area contributed by atoms with Gasteiger partial charge in [-0.25, -0.2) is 0 Å². The average molecular weight is 300 g/mol. The summed E-state index contributed by atoms with van der Waals surface area (Å²) in [5.41, 5.74) is 3.96. The maximum atomic E-state index is 9.95. The molecule has 2 bridgehead atoms. The van der Waals surface area contributed by atoms with Gasteiger partial charge in [-0.15, -0.1) is 0 Å². The van der Waals surface area contributed by atoms with E-state index in [4.69, 9.17) is 11.6 Å². The summed E-state index contributed by atoms with van der Waals surface area (Å²) in [6.07, 6.45) is 3.19. The minimum Gasteiger partial charge on any atom is -0.508 e. The zero-order valence-corrected chi connectivity index (χ0v) is 12.5. The first kappa shape index (κ1) is 13.2. The van der Waals surface area contributed by atoms with E-state index in [1.54, 1.807) is 6.07 Å². The lowest BCUT2D eigenvalue weighted by Crippen LogP contribution is -2.51. The third-order valence-electron chi connectivity index (χ3n) is 5.05. The Bertz CT molecular complexity index is 682. The minimum absolute atomic E-state index is 0.00677. The molecule has 0 aromatic heterocycles. The number of benzene rings is 2. The van der Waals surface area contributed by atoms with Gasteiger partial charge in [0.1, 0.15) is 5.75 Å². The van der Waals surface area contributed by atoms with Crippen molar-refractivity contribution in [3.8, 4) is 5.75 Å². The quantitative estimate of drug-likeness (QED) is 0.842. The van der Waals surface area contributed by atoms with E-state index in [1.165, 1.54) is 16.7 Å². The molecule has 4 rings (SSSR count). The van der Waals surface area contributed by atoms with Crippen molar-refractivity contribution in [2.24, 2.45) is 0 Å². The van der Waals surface area contributed by atoms with Crippen LogP contribution in [0, 0.1) is 0 Å². The molecule has 1 aliphatic heterocycles. The predicted molar refractivity (Wildman–Crippen MR) is 85.1 cm³/mol. The summed E-state index contributed by atoms with van der Waals surface area (Å²) in [6, 6.07) is 14.6. The Morgan fingerprint density at radius 2 is 1.95 bits per heavy atom. The van der Waals surface area contributed by atoms with E-state index in [0.29, 0.717) is 11.8 Å². The molecule has 2 aliphatic rings. The van der Waals surface area contributed by atoms with Crippen molar-refractivity contribution >= 4 is 11.6 Å². The molecule has 2 aromatic rings. The summed E-state index contributed by atoms with van der Waals surface area (Å²) in [4.78, 5) is 0. The second-order valence-electron chi connectivity index (χ2n) is 6.24. The molecule has 2 N–H and O–H groups in total. The Hall–Kier alpha value is -1.51. The van der Waals surface area contributed by atoms with Crippen LogP contribution in [0.25, 0.3) is 0 Å². The fourth-order valence-corrected chi connectivity index (χ4v) is 4.24.